The first-order chi connectivity index (χ1) is 9.60. The minimum atomic E-state index is -0.166. The zero-order valence-electron chi connectivity index (χ0n) is 12.1. The first kappa shape index (κ1) is 15.4. The highest BCUT2D eigenvalue weighted by molar-refractivity contribution is 7.80. The van der Waals surface area contributed by atoms with Crippen LogP contribution in [0.1, 0.15) is 43.7 Å². The number of nitrogens with two attached hydrogens (primary N) is 1. The normalized spacial score (nSPS) is 17.3. The second-order valence-corrected chi connectivity index (χ2v) is 6.12. The SMILES string of the molecule is CCCC1CCN(Cc2cc(C(N)=S)ccc2F)CC1. The van der Waals surface area contributed by atoms with E-state index in [1.165, 1.54) is 31.7 Å². The van der Waals surface area contributed by atoms with Crippen molar-refractivity contribution in [1.82, 2.24) is 4.90 Å². The molecule has 1 aliphatic heterocycles. The largest absolute Gasteiger partial charge is 0.389 e. The van der Waals surface area contributed by atoms with E-state index in [0.29, 0.717) is 17.1 Å². The number of hydrogen-bond acceptors (Lipinski definition) is 2. The Hall–Kier alpha value is -1.00. The highest BCUT2D eigenvalue weighted by Gasteiger charge is 2.19. The van der Waals surface area contributed by atoms with Crippen molar-refractivity contribution in [2.24, 2.45) is 11.7 Å². The van der Waals surface area contributed by atoms with Gasteiger partial charge in [-0.2, -0.15) is 0 Å². The quantitative estimate of drug-likeness (QED) is 0.843. The Morgan fingerprint density at radius 2 is 2.10 bits per heavy atom. The van der Waals surface area contributed by atoms with E-state index in [4.69, 9.17) is 18.0 Å². The van der Waals surface area contributed by atoms with Gasteiger partial charge >= 0.3 is 0 Å². The zero-order valence-corrected chi connectivity index (χ0v) is 12.9. The summed E-state index contributed by atoms with van der Waals surface area (Å²) >= 11 is 4.96. The van der Waals surface area contributed by atoms with Crippen LogP contribution in [-0.2, 0) is 6.54 Å². The molecule has 1 aromatic carbocycles. The lowest BCUT2D eigenvalue weighted by atomic mass is 9.92. The Morgan fingerprint density at radius 1 is 1.40 bits per heavy atom. The van der Waals surface area contributed by atoms with Crippen molar-refractivity contribution in [3.63, 3.8) is 0 Å². The average Bonchev–Trinajstić information content (AvgIpc) is 2.43. The van der Waals surface area contributed by atoms with Crippen molar-refractivity contribution in [2.45, 2.75) is 39.2 Å². The van der Waals surface area contributed by atoms with Crippen molar-refractivity contribution >= 4 is 17.2 Å². The zero-order chi connectivity index (χ0) is 14.5. The van der Waals surface area contributed by atoms with Crippen LogP contribution in [-0.4, -0.2) is 23.0 Å². The van der Waals surface area contributed by atoms with Gasteiger partial charge in [-0.05, 0) is 50.0 Å². The third kappa shape index (κ3) is 4.00. The van der Waals surface area contributed by atoms with Gasteiger partial charge in [0.05, 0.1) is 0 Å². The van der Waals surface area contributed by atoms with Crippen molar-refractivity contribution in [3.05, 3.63) is 35.1 Å². The third-order valence-electron chi connectivity index (χ3n) is 4.13. The molecule has 0 spiro atoms. The smallest absolute Gasteiger partial charge is 0.127 e. The molecule has 1 saturated heterocycles. The molecule has 20 heavy (non-hydrogen) atoms. The molecule has 1 aliphatic rings. The van der Waals surface area contributed by atoms with Crippen molar-refractivity contribution < 1.29 is 4.39 Å². The second-order valence-electron chi connectivity index (χ2n) is 5.68. The number of benzene rings is 1. The molecule has 0 aromatic heterocycles. The number of hydrogen-bond donors (Lipinski definition) is 1. The van der Waals surface area contributed by atoms with Crippen molar-refractivity contribution in [1.29, 1.82) is 0 Å². The van der Waals surface area contributed by atoms with Crippen LogP contribution in [0.3, 0.4) is 0 Å². The van der Waals surface area contributed by atoms with Gasteiger partial charge in [0.2, 0.25) is 0 Å². The summed E-state index contributed by atoms with van der Waals surface area (Å²) in [6.07, 6.45) is 5.03. The molecule has 0 bridgehead atoms. The van der Waals surface area contributed by atoms with E-state index in [1.54, 1.807) is 12.1 Å². The number of likely N-dealkylation sites (tertiary alicyclic amines) is 1. The highest BCUT2D eigenvalue weighted by atomic mass is 32.1. The van der Waals surface area contributed by atoms with Crippen LogP contribution in [0.4, 0.5) is 4.39 Å². The van der Waals surface area contributed by atoms with E-state index in [2.05, 4.69) is 11.8 Å². The van der Waals surface area contributed by atoms with Gasteiger partial charge in [0.1, 0.15) is 10.8 Å². The van der Waals surface area contributed by atoms with E-state index in [-0.39, 0.29) is 5.82 Å². The first-order valence-corrected chi connectivity index (χ1v) is 7.81. The summed E-state index contributed by atoms with van der Waals surface area (Å²) in [5.41, 5.74) is 7.06. The van der Waals surface area contributed by atoms with Gasteiger partial charge in [-0.25, -0.2) is 4.39 Å². The summed E-state index contributed by atoms with van der Waals surface area (Å²) in [6, 6.07) is 4.90. The standard InChI is InChI=1S/C16H23FN2S/c1-2-3-12-6-8-19(9-7-12)11-14-10-13(16(18)20)4-5-15(14)17/h4-5,10,12H,2-3,6-9,11H2,1H3,(H2,18,20). The van der Waals surface area contributed by atoms with Crippen LogP contribution in [0.5, 0.6) is 0 Å². The number of halogens is 1. The van der Waals surface area contributed by atoms with E-state index in [1.807, 2.05) is 0 Å². The predicted molar refractivity (Wildman–Crippen MR) is 85.2 cm³/mol. The van der Waals surface area contributed by atoms with Crippen LogP contribution in [0.2, 0.25) is 0 Å². The minimum absolute atomic E-state index is 0.166. The molecule has 0 aliphatic carbocycles. The van der Waals surface area contributed by atoms with E-state index in [0.717, 1.165) is 24.6 Å². The van der Waals surface area contributed by atoms with Gasteiger partial charge in [-0.3, -0.25) is 4.90 Å². The molecule has 2 rings (SSSR count). The Morgan fingerprint density at radius 3 is 2.70 bits per heavy atom. The average molecular weight is 294 g/mol. The van der Waals surface area contributed by atoms with Gasteiger partial charge in [0.25, 0.3) is 0 Å². The molecule has 1 aromatic rings. The first-order valence-electron chi connectivity index (χ1n) is 7.40. The lowest BCUT2D eigenvalue weighted by Crippen LogP contribution is -2.33. The van der Waals surface area contributed by atoms with Crippen LogP contribution >= 0.6 is 12.2 Å². The monoisotopic (exact) mass is 294 g/mol. The van der Waals surface area contributed by atoms with E-state index in [9.17, 15) is 4.39 Å². The predicted octanol–water partition coefficient (Wildman–Crippen LogP) is 3.47. The molecular formula is C16H23FN2S. The van der Waals surface area contributed by atoms with E-state index < -0.39 is 0 Å². The number of nitrogens with zero attached hydrogens (tertiary/aromatic N) is 1. The maximum Gasteiger partial charge on any atom is 0.127 e. The summed E-state index contributed by atoms with van der Waals surface area (Å²) < 4.78 is 13.9. The van der Waals surface area contributed by atoms with Gasteiger partial charge < -0.3 is 5.73 Å². The second kappa shape index (κ2) is 7.14. The lowest BCUT2D eigenvalue weighted by Gasteiger charge is -2.32. The Labute approximate surface area is 126 Å². The van der Waals surface area contributed by atoms with Gasteiger partial charge in [-0.1, -0.05) is 32.0 Å². The van der Waals surface area contributed by atoms with Crippen molar-refractivity contribution in [3.8, 4) is 0 Å². The molecule has 0 amide bonds. The molecule has 0 atom stereocenters. The molecule has 1 fully saturated rings. The summed E-state index contributed by atoms with van der Waals surface area (Å²) in [5.74, 6) is 0.685. The summed E-state index contributed by atoms with van der Waals surface area (Å²) in [6.45, 7) is 5.01. The molecule has 110 valence electrons. The Balaban J connectivity index is 1.97. The molecule has 0 saturated carbocycles. The lowest BCUT2D eigenvalue weighted by molar-refractivity contribution is 0.170. The molecule has 2 nitrogen and oxygen atoms in total. The Kier molecular flexibility index (Phi) is 5.49. The van der Waals surface area contributed by atoms with Crippen molar-refractivity contribution in [2.75, 3.05) is 13.1 Å². The number of thiocarbonyl (C=S) groups is 1. The molecule has 0 unspecified atom stereocenters. The highest BCUT2D eigenvalue weighted by Crippen LogP contribution is 2.23. The van der Waals surface area contributed by atoms with Gasteiger partial charge in [-0.15, -0.1) is 0 Å². The fourth-order valence-electron chi connectivity index (χ4n) is 2.93. The van der Waals surface area contributed by atoms with Crippen LogP contribution in [0.15, 0.2) is 18.2 Å². The molecular weight excluding hydrogens is 271 g/mol. The fourth-order valence-corrected chi connectivity index (χ4v) is 3.06. The molecule has 2 N–H and O–H groups in total. The topological polar surface area (TPSA) is 29.3 Å². The number of rotatable bonds is 5. The summed E-state index contributed by atoms with van der Waals surface area (Å²) in [4.78, 5) is 2.65. The van der Waals surface area contributed by atoms with Gasteiger partial charge in [0.15, 0.2) is 0 Å². The van der Waals surface area contributed by atoms with Gasteiger partial charge in [0, 0.05) is 17.7 Å². The maximum atomic E-state index is 13.9. The van der Waals surface area contributed by atoms with Crippen LogP contribution < -0.4 is 5.73 Å². The van der Waals surface area contributed by atoms with Crippen LogP contribution in [0, 0.1) is 11.7 Å². The Bertz CT molecular complexity index is 468. The molecule has 4 heteroatoms. The van der Waals surface area contributed by atoms with E-state index >= 15 is 0 Å². The summed E-state index contributed by atoms with van der Waals surface area (Å²) in [5, 5.41) is 0. The fraction of sp³-hybridized carbons (Fsp3) is 0.562. The summed E-state index contributed by atoms with van der Waals surface area (Å²) in [7, 11) is 0. The van der Waals surface area contributed by atoms with Crippen LogP contribution in [0.25, 0.3) is 0 Å². The minimum Gasteiger partial charge on any atom is -0.389 e. The maximum absolute atomic E-state index is 13.9. The third-order valence-corrected chi connectivity index (χ3v) is 4.36. The number of piperidine rings is 1. The molecule has 1 heterocycles. The molecule has 0 radical (unpaired) electrons.